The minimum absolute atomic E-state index is 0.765. The maximum atomic E-state index is 4.34. The summed E-state index contributed by atoms with van der Waals surface area (Å²) in [5.74, 6) is 0.765. The van der Waals surface area contributed by atoms with Gasteiger partial charge in [-0.1, -0.05) is 29.8 Å². The summed E-state index contributed by atoms with van der Waals surface area (Å²) in [6.07, 6.45) is 3.80. The second kappa shape index (κ2) is 6.85. The van der Waals surface area contributed by atoms with E-state index in [1.807, 2.05) is 30.5 Å². The normalized spacial score (nSPS) is 12.2. The van der Waals surface area contributed by atoms with Gasteiger partial charge in [-0.3, -0.25) is 4.99 Å². The average Bonchev–Trinajstić information content (AvgIpc) is 3.11. The summed E-state index contributed by atoms with van der Waals surface area (Å²) in [6.45, 7) is 2.89. The first-order chi connectivity index (χ1) is 12.3. The van der Waals surface area contributed by atoms with Crippen molar-refractivity contribution >= 4 is 17.7 Å². The predicted molar refractivity (Wildman–Crippen MR) is 102 cm³/mol. The third kappa shape index (κ3) is 3.74. The molecule has 1 aromatic heterocycles. The van der Waals surface area contributed by atoms with Crippen LogP contribution in [-0.4, -0.2) is 16.4 Å². The molecule has 1 N–H and O–H groups in total. The molecule has 1 aliphatic heterocycles. The van der Waals surface area contributed by atoms with Gasteiger partial charge in [0.05, 0.1) is 12.2 Å². The molecule has 1 aliphatic rings. The van der Waals surface area contributed by atoms with Gasteiger partial charge in [-0.05, 0) is 66.8 Å². The molecule has 0 atom stereocenters. The van der Waals surface area contributed by atoms with Crippen molar-refractivity contribution in [2.75, 3.05) is 5.32 Å². The first kappa shape index (κ1) is 15.5. The smallest absolute Gasteiger partial charge is 0.153 e. The molecule has 0 saturated heterocycles. The van der Waals surface area contributed by atoms with Crippen LogP contribution >= 0.6 is 0 Å². The average molecular weight is 328 g/mol. The highest BCUT2D eigenvalue weighted by Gasteiger charge is 2.07. The van der Waals surface area contributed by atoms with Crippen molar-refractivity contribution in [3.8, 4) is 0 Å². The van der Waals surface area contributed by atoms with Crippen LogP contribution in [0.25, 0.3) is 0 Å². The highest BCUT2D eigenvalue weighted by Crippen LogP contribution is 2.18. The van der Waals surface area contributed by atoms with Gasteiger partial charge in [-0.2, -0.15) is 5.10 Å². The number of benzene rings is 2. The number of rotatable bonds is 5. The Balaban J connectivity index is 1.37. The van der Waals surface area contributed by atoms with Gasteiger partial charge < -0.3 is 5.32 Å². The highest BCUT2D eigenvalue weighted by atomic mass is 15.2. The summed E-state index contributed by atoms with van der Waals surface area (Å²) in [5, 5.41) is 11.9. The van der Waals surface area contributed by atoms with Gasteiger partial charge in [0.1, 0.15) is 0 Å². The quantitative estimate of drug-likeness (QED) is 0.762. The first-order valence-electron chi connectivity index (χ1n) is 8.54. The minimum Gasteiger partial charge on any atom is -0.339 e. The van der Waals surface area contributed by atoms with Crippen molar-refractivity contribution < 1.29 is 0 Å². The lowest BCUT2D eigenvalue weighted by atomic mass is 10.0. The van der Waals surface area contributed by atoms with Gasteiger partial charge in [0.25, 0.3) is 0 Å². The number of hydrogen-bond acceptors (Lipinski definition) is 4. The molecular formula is C21H20N4. The second-order valence-corrected chi connectivity index (χ2v) is 6.40. The topological polar surface area (TPSA) is 50.2 Å². The summed E-state index contributed by atoms with van der Waals surface area (Å²) in [4.78, 5) is 4.31. The summed E-state index contributed by atoms with van der Waals surface area (Å²) < 4.78 is 0. The van der Waals surface area contributed by atoms with Gasteiger partial charge in [-0.15, -0.1) is 5.10 Å². The van der Waals surface area contributed by atoms with Crippen LogP contribution in [-0.2, 0) is 19.4 Å². The van der Waals surface area contributed by atoms with E-state index >= 15 is 0 Å². The number of hydrogen-bond donors (Lipinski definition) is 1. The zero-order valence-electron chi connectivity index (χ0n) is 14.2. The Kier molecular flexibility index (Phi) is 4.25. The van der Waals surface area contributed by atoms with Crippen LogP contribution in [0, 0.1) is 6.92 Å². The zero-order chi connectivity index (χ0) is 17.1. The van der Waals surface area contributed by atoms with E-state index in [1.54, 1.807) is 0 Å². The van der Waals surface area contributed by atoms with Crippen molar-refractivity contribution in [3.05, 3.63) is 82.5 Å². The van der Waals surface area contributed by atoms with E-state index in [0.717, 1.165) is 36.6 Å². The highest BCUT2D eigenvalue weighted by molar-refractivity contribution is 5.84. The Hall–Kier alpha value is -3.01. The molecule has 0 unspecified atom stereocenters. The Morgan fingerprint density at radius 2 is 1.80 bits per heavy atom. The molecule has 0 saturated carbocycles. The Morgan fingerprint density at radius 3 is 2.60 bits per heavy atom. The third-order valence-corrected chi connectivity index (χ3v) is 4.42. The maximum Gasteiger partial charge on any atom is 0.153 e. The van der Waals surface area contributed by atoms with Crippen LogP contribution in [0.1, 0.15) is 27.9 Å². The number of aliphatic imine (C=N–C) groups is 1. The molecule has 0 fully saturated rings. The Bertz CT molecular complexity index is 896. The van der Waals surface area contributed by atoms with Gasteiger partial charge >= 0.3 is 0 Å². The second-order valence-electron chi connectivity index (χ2n) is 6.40. The number of fused-ring (bicyclic) bond motifs is 1. The van der Waals surface area contributed by atoms with Gasteiger partial charge in [0.15, 0.2) is 5.82 Å². The molecule has 2 aromatic carbocycles. The molecule has 0 bridgehead atoms. The van der Waals surface area contributed by atoms with Crippen molar-refractivity contribution in [2.24, 2.45) is 4.99 Å². The van der Waals surface area contributed by atoms with Gasteiger partial charge in [0, 0.05) is 11.9 Å². The molecule has 2 heterocycles. The fourth-order valence-corrected chi connectivity index (χ4v) is 2.92. The summed E-state index contributed by atoms with van der Waals surface area (Å²) in [7, 11) is 0. The largest absolute Gasteiger partial charge is 0.339 e. The number of aromatic nitrogens is 2. The molecule has 0 aliphatic carbocycles. The number of nitrogens with zero attached hydrogens (tertiary/aromatic N) is 3. The van der Waals surface area contributed by atoms with Crippen molar-refractivity contribution in [1.82, 2.24) is 10.2 Å². The number of aryl methyl sites for hydroxylation is 3. The molecule has 0 radical (unpaired) electrons. The van der Waals surface area contributed by atoms with Crippen LogP contribution in [0.5, 0.6) is 0 Å². The van der Waals surface area contributed by atoms with Gasteiger partial charge in [-0.25, -0.2) is 0 Å². The fourth-order valence-electron chi connectivity index (χ4n) is 2.92. The lowest BCUT2D eigenvalue weighted by Crippen LogP contribution is -2.00. The molecule has 4 rings (SSSR count). The van der Waals surface area contributed by atoms with Crippen molar-refractivity contribution in [2.45, 2.75) is 26.3 Å². The van der Waals surface area contributed by atoms with E-state index in [-0.39, 0.29) is 0 Å². The molecule has 0 spiro atoms. The van der Waals surface area contributed by atoms with Crippen LogP contribution in [0.2, 0.25) is 0 Å². The molecule has 4 heteroatoms. The Labute approximate surface area is 147 Å². The van der Waals surface area contributed by atoms with Gasteiger partial charge in [0.2, 0.25) is 0 Å². The lowest BCUT2D eigenvalue weighted by molar-refractivity contribution is 0.861. The SMILES string of the molecule is Cc1ccc(Nc2ccc(CCc3ccc4c(c3)C=NC4)nn2)cc1. The molecular weight excluding hydrogens is 308 g/mol. The van der Waals surface area contributed by atoms with Crippen molar-refractivity contribution in [1.29, 1.82) is 0 Å². The van der Waals surface area contributed by atoms with E-state index in [2.05, 4.69) is 57.8 Å². The molecule has 25 heavy (non-hydrogen) atoms. The van der Waals surface area contributed by atoms with E-state index in [9.17, 15) is 0 Å². The third-order valence-electron chi connectivity index (χ3n) is 4.42. The van der Waals surface area contributed by atoms with E-state index in [4.69, 9.17) is 0 Å². The predicted octanol–water partition coefficient (Wildman–Crippen LogP) is 4.25. The number of anilines is 2. The monoisotopic (exact) mass is 328 g/mol. The molecule has 0 amide bonds. The lowest BCUT2D eigenvalue weighted by Gasteiger charge is -2.07. The fraction of sp³-hybridized carbons (Fsp3) is 0.190. The van der Waals surface area contributed by atoms with Crippen LogP contribution in [0.4, 0.5) is 11.5 Å². The molecule has 4 nitrogen and oxygen atoms in total. The maximum absolute atomic E-state index is 4.34. The standard InChI is InChI=1S/C21H20N4/c1-15-2-7-19(8-3-15)23-21-11-10-20(24-25-21)9-5-16-4-6-17-13-22-14-18(17)12-16/h2-4,6-8,10-12,14H,5,9,13H2,1H3,(H,23,25). The zero-order valence-corrected chi connectivity index (χ0v) is 14.2. The van der Waals surface area contributed by atoms with E-state index in [0.29, 0.717) is 0 Å². The number of nitrogens with one attached hydrogen (secondary N) is 1. The molecule has 124 valence electrons. The first-order valence-corrected chi connectivity index (χ1v) is 8.54. The summed E-state index contributed by atoms with van der Waals surface area (Å²) in [5.41, 5.74) is 7.15. The van der Waals surface area contributed by atoms with Crippen molar-refractivity contribution in [3.63, 3.8) is 0 Å². The Morgan fingerprint density at radius 1 is 0.920 bits per heavy atom. The van der Waals surface area contributed by atoms with Crippen LogP contribution < -0.4 is 5.32 Å². The summed E-state index contributed by atoms with van der Waals surface area (Å²) >= 11 is 0. The minimum atomic E-state index is 0.765. The molecule has 3 aromatic rings. The van der Waals surface area contributed by atoms with E-state index in [1.165, 1.54) is 22.3 Å². The summed E-state index contributed by atoms with van der Waals surface area (Å²) in [6, 6.07) is 18.9. The van der Waals surface area contributed by atoms with E-state index < -0.39 is 0 Å². The van der Waals surface area contributed by atoms with Crippen LogP contribution in [0.15, 0.2) is 59.6 Å². The van der Waals surface area contributed by atoms with Crippen LogP contribution in [0.3, 0.4) is 0 Å².